The largest absolute Gasteiger partial charge is 0.505 e. The lowest BCUT2D eigenvalue weighted by Gasteiger charge is -2.07. The van der Waals surface area contributed by atoms with Gasteiger partial charge in [0.15, 0.2) is 0 Å². The maximum Gasteiger partial charge on any atom is 0.146 e. The van der Waals surface area contributed by atoms with Gasteiger partial charge in [-0.2, -0.15) is 0 Å². The first kappa shape index (κ1) is 13.1. The number of nitrogens with zero attached hydrogens (tertiary/aromatic N) is 2. The van der Waals surface area contributed by atoms with Crippen molar-refractivity contribution in [2.75, 3.05) is 0 Å². The number of benzene rings is 2. The number of aryl methyl sites for hydroxylation is 1. The molecule has 0 radical (unpaired) electrons. The van der Waals surface area contributed by atoms with Crippen LogP contribution in [0.5, 0.6) is 5.75 Å². The normalized spacial score (nSPS) is 11.4. The highest BCUT2D eigenvalue weighted by Crippen LogP contribution is 2.34. The van der Waals surface area contributed by atoms with Gasteiger partial charge in [-0.3, -0.25) is 0 Å². The van der Waals surface area contributed by atoms with Crippen LogP contribution in [0.25, 0.3) is 22.1 Å². The molecule has 0 spiro atoms. The van der Waals surface area contributed by atoms with Gasteiger partial charge in [-0.15, -0.1) is 0 Å². The highest BCUT2D eigenvalue weighted by atomic mass is 79.9. The fraction of sp³-hybridized carbons (Fsp3) is 0.0769. The number of phenolic OH excluding ortho intramolecular Hbond substituents is 1. The van der Waals surface area contributed by atoms with Crippen LogP contribution in [0.3, 0.4) is 0 Å². The number of aromatic nitrogens is 2. The monoisotopic (exact) mass is 400 g/mol. The van der Waals surface area contributed by atoms with Gasteiger partial charge in [0.05, 0.1) is 16.1 Å². The summed E-state index contributed by atoms with van der Waals surface area (Å²) in [6.45, 7) is 1.78. The average Bonchev–Trinajstić information content (AvgIpc) is 2.36. The molecular formula is C13H7Br2ClN2O. The molecular weight excluding hydrogens is 395 g/mol. The minimum atomic E-state index is 0.118. The lowest BCUT2D eigenvalue weighted by Crippen LogP contribution is -1.91. The Labute approximate surface area is 130 Å². The zero-order chi connectivity index (χ0) is 13.7. The number of hydrogen-bond acceptors (Lipinski definition) is 3. The Morgan fingerprint density at radius 1 is 1.00 bits per heavy atom. The summed E-state index contributed by atoms with van der Waals surface area (Å²) in [5.41, 5.74) is 3.02. The molecule has 19 heavy (non-hydrogen) atoms. The fourth-order valence-corrected chi connectivity index (χ4v) is 2.85. The molecule has 0 atom stereocenters. The van der Waals surface area contributed by atoms with Gasteiger partial charge < -0.3 is 5.11 Å². The lowest BCUT2D eigenvalue weighted by molar-refractivity contribution is 0.476. The van der Waals surface area contributed by atoms with Crippen LogP contribution >= 0.6 is 43.5 Å². The highest BCUT2D eigenvalue weighted by Gasteiger charge is 2.13. The van der Waals surface area contributed by atoms with E-state index < -0.39 is 0 Å². The highest BCUT2D eigenvalue weighted by molar-refractivity contribution is 9.13. The van der Waals surface area contributed by atoms with E-state index in [1.165, 1.54) is 0 Å². The van der Waals surface area contributed by atoms with E-state index in [4.69, 9.17) is 11.6 Å². The first-order valence-electron chi connectivity index (χ1n) is 5.42. The van der Waals surface area contributed by atoms with E-state index in [2.05, 4.69) is 41.8 Å². The molecule has 3 aromatic rings. The van der Waals surface area contributed by atoms with Crippen molar-refractivity contribution in [3.05, 3.63) is 37.7 Å². The van der Waals surface area contributed by atoms with E-state index in [-0.39, 0.29) is 5.75 Å². The molecule has 0 aliphatic heterocycles. The maximum atomic E-state index is 10.1. The third kappa shape index (κ3) is 2.10. The number of fused-ring (bicyclic) bond motifs is 2. The number of halogens is 3. The third-order valence-corrected chi connectivity index (χ3v) is 5.01. The van der Waals surface area contributed by atoms with Crippen LogP contribution in [-0.4, -0.2) is 15.1 Å². The molecule has 0 amide bonds. The Bertz CT molecular complexity index is 836. The summed E-state index contributed by atoms with van der Waals surface area (Å²) in [6.07, 6.45) is 0. The lowest BCUT2D eigenvalue weighted by atomic mass is 10.1. The van der Waals surface area contributed by atoms with Crippen molar-refractivity contribution in [2.45, 2.75) is 6.92 Å². The molecule has 1 heterocycles. The number of phenols is 1. The summed E-state index contributed by atoms with van der Waals surface area (Å²) < 4.78 is 1.77. The minimum Gasteiger partial charge on any atom is -0.505 e. The van der Waals surface area contributed by atoms with Crippen molar-refractivity contribution in [1.82, 2.24) is 9.97 Å². The average molecular weight is 402 g/mol. The van der Waals surface area contributed by atoms with E-state index in [0.717, 1.165) is 8.95 Å². The topological polar surface area (TPSA) is 46.0 Å². The van der Waals surface area contributed by atoms with E-state index in [0.29, 0.717) is 32.7 Å². The molecule has 0 aliphatic rings. The molecule has 3 nitrogen and oxygen atoms in total. The molecule has 96 valence electrons. The Balaban J connectivity index is 2.52. The van der Waals surface area contributed by atoms with Crippen LogP contribution in [-0.2, 0) is 0 Å². The van der Waals surface area contributed by atoms with Crippen LogP contribution in [0.2, 0.25) is 5.02 Å². The molecule has 3 rings (SSSR count). The van der Waals surface area contributed by atoms with Crippen LogP contribution < -0.4 is 0 Å². The van der Waals surface area contributed by atoms with Gasteiger partial charge in [0.1, 0.15) is 16.8 Å². The van der Waals surface area contributed by atoms with Crippen molar-refractivity contribution in [2.24, 2.45) is 0 Å². The quantitative estimate of drug-likeness (QED) is 0.540. The van der Waals surface area contributed by atoms with Gasteiger partial charge in [0.2, 0.25) is 0 Å². The van der Waals surface area contributed by atoms with Gasteiger partial charge in [0.25, 0.3) is 0 Å². The zero-order valence-electron chi connectivity index (χ0n) is 9.71. The second kappa shape index (κ2) is 4.58. The molecule has 1 aromatic heterocycles. The molecule has 0 saturated heterocycles. The Kier molecular flexibility index (Phi) is 3.15. The summed E-state index contributed by atoms with van der Waals surface area (Å²) >= 11 is 13.0. The summed E-state index contributed by atoms with van der Waals surface area (Å²) in [6, 6.07) is 5.40. The second-order valence-electron chi connectivity index (χ2n) is 4.20. The molecule has 0 fully saturated rings. The van der Waals surface area contributed by atoms with Crippen LogP contribution in [0, 0.1) is 6.92 Å². The standard InChI is InChI=1S/C13H7Br2ClN2O/c1-5-2-8(16)11-12(13(5)19)18-10-4-7(15)6(14)3-9(10)17-11/h2-4,19H,1H3. The Hall–Kier alpha value is -0.910. The van der Waals surface area contributed by atoms with Crippen molar-refractivity contribution in [1.29, 1.82) is 0 Å². The number of aromatic hydroxyl groups is 1. The molecule has 6 heteroatoms. The zero-order valence-corrected chi connectivity index (χ0v) is 13.6. The smallest absolute Gasteiger partial charge is 0.146 e. The van der Waals surface area contributed by atoms with Crippen molar-refractivity contribution < 1.29 is 5.11 Å². The van der Waals surface area contributed by atoms with Gasteiger partial charge >= 0.3 is 0 Å². The van der Waals surface area contributed by atoms with E-state index in [1.807, 2.05) is 12.1 Å². The number of rotatable bonds is 0. The maximum absolute atomic E-state index is 10.1. The van der Waals surface area contributed by atoms with Gasteiger partial charge in [-0.25, -0.2) is 9.97 Å². The van der Waals surface area contributed by atoms with E-state index >= 15 is 0 Å². The van der Waals surface area contributed by atoms with E-state index in [9.17, 15) is 5.11 Å². The van der Waals surface area contributed by atoms with Crippen LogP contribution in [0.4, 0.5) is 0 Å². The number of hydrogen-bond donors (Lipinski definition) is 1. The molecule has 0 unspecified atom stereocenters. The van der Waals surface area contributed by atoms with E-state index in [1.54, 1.807) is 13.0 Å². The minimum absolute atomic E-state index is 0.118. The summed E-state index contributed by atoms with van der Waals surface area (Å²) in [5, 5.41) is 10.6. The summed E-state index contributed by atoms with van der Waals surface area (Å²) in [7, 11) is 0. The van der Waals surface area contributed by atoms with Crippen LogP contribution in [0.1, 0.15) is 5.56 Å². The summed E-state index contributed by atoms with van der Waals surface area (Å²) in [5.74, 6) is 0.118. The molecule has 0 bridgehead atoms. The third-order valence-electron chi connectivity index (χ3n) is 2.87. The van der Waals surface area contributed by atoms with Crippen LogP contribution in [0.15, 0.2) is 27.1 Å². The van der Waals surface area contributed by atoms with Crippen molar-refractivity contribution in [3.8, 4) is 5.75 Å². The second-order valence-corrected chi connectivity index (χ2v) is 6.32. The fourth-order valence-electron chi connectivity index (χ4n) is 1.90. The first-order chi connectivity index (χ1) is 8.97. The van der Waals surface area contributed by atoms with Gasteiger partial charge in [-0.05, 0) is 62.5 Å². The predicted octanol–water partition coefficient (Wildman–Crippen LogP) is 4.98. The summed E-state index contributed by atoms with van der Waals surface area (Å²) in [4.78, 5) is 8.93. The molecule has 2 aromatic carbocycles. The Morgan fingerprint density at radius 2 is 1.53 bits per heavy atom. The van der Waals surface area contributed by atoms with Gasteiger partial charge in [0, 0.05) is 8.95 Å². The van der Waals surface area contributed by atoms with Gasteiger partial charge in [-0.1, -0.05) is 11.6 Å². The molecule has 1 N–H and O–H groups in total. The van der Waals surface area contributed by atoms with Crippen molar-refractivity contribution >= 4 is 65.5 Å². The first-order valence-corrected chi connectivity index (χ1v) is 7.38. The molecule has 0 aliphatic carbocycles. The van der Waals surface area contributed by atoms with Crippen molar-refractivity contribution in [3.63, 3.8) is 0 Å². The Morgan fingerprint density at radius 3 is 2.11 bits per heavy atom. The molecule has 0 saturated carbocycles. The SMILES string of the molecule is Cc1cc(Cl)c2nc3cc(Br)c(Br)cc3nc2c1O. The predicted molar refractivity (Wildman–Crippen MR) is 83.9 cm³/mol.